The number of furan rings is 1. The van der Waals surface area contributed by atoms with Crippen molar-refractivity contribution in [3.05, 3.63) is 176 Å². The molecule has 8 aromatic carbocycles. The van der Waals surface area contributed by atoms with E-state index in [-0.39, 0.29) is 0 Å². The second kappa shape index (κ2) is 11.0. The fraction of sp³-hybridized carbons (Fsp3) is 0. The van der Waals surface area contributed by atoms with Crippen LogP contribution in [-0.2, 0) is 0 Å². The van der Waals surface area contributed by atoms with Crippen LogP contribution in [0, 0.1) is 0 Å². The van der Waals surface area contributed by atoms with Crippen LogP contribution in [0.5, 0.6) is 0 Å². The molecule has 3 heteroatoms. The van der Waals surface area contributed by atoms with Crippen LogP contribution in [0.25, 0.3) is 82.5 Å². The van der Waals surface area contributed by atoms with Crippen LogP contribution in [0.2, 0.25) is 0 Å². The molecule has 0 aliphatic carbocycles. The minimum absolute atomic E-state index is 0.872. The highest BCUT2D eigenvalue weighted by atomic mass is 16.3. The normalized spacial score (nSPS) is 11.7. The summed E-state index contributed by atoms with van der Waals surface area (Å²) in [6.45, 7) is 0. The first-order valence-electron chi connectivity index (χ1n) is 16.7. The van der Waals surface area contributed by atoms with Gasteiger partial charge in [-0.05, 0) is 93.7 Å². The van der Waals surface area contributed by atoms with Gasteiger partial charge >= 0.3 is 0 Å². The summed E-state index contributed by atoms with van der Waals surface area (Å²) in [7, 11) is 0. The van der Waals surface area contributed by atoms with Gasteiger partial charge in [0.15, 0.2) is 5.58 Å². The molecule has 0 radical (unpaired) electrons. The summed E-state index contributed by atoms with van der Waals surface area (Å²) in [5.41, 5.74) is 12.0. The van der Waals surface area contributed by atoms with Gasteiger partial charge in [-0.15, -0.1) is 0 Å². The second-order valence-corrected chi connectivity index (χ2v) is 12.7. The molecule has 10 aromatic rings. The Morgan fingerprint density at radius 2 is 1.08 bits per heavy atom. The van der Waals surface area contributed by atoms with E-state index in [0.717, 1.165) is 38.9 Å². The summed E-state index contributed by atoms with van der Waals surface area (Å²) in [5, 5.41) is 10.9. The zero-order chi connectivity index (χ0) is 32.3. The Hall–Kier alpha value is -6.58. The van der Waals surface area contributed by atoms with E-state index in [1.807, 2.05) is 12.1 Å². The van der Waals surface area contributed by atoms with E-state index in [1.54, 1.807) is 0 Å². The van der Waals surface area contributed by atoms with Crippen molar-refractivity contribution in [2.45, 2.75) is 0 Å². The van der Waals surface area contributed by atoms with E-state index < -0.39 is 0 Å². The standard InChI is InChI=1S/C46H30N2O/c1-2-17-36(18-3-1)48-42-22-8-6-20-38(42)40-28-33(24-25-43(40)48)31-14-10-13-30(26-31)32-15-11-16-35(27-32)47-41-29-34-12-4-5-19-37(34)45-39-21-7-9-23-44(39)49-46(41)45/h1-29,47H. The van der Waals surface area contributed by atoms with Crippen LogP contribution in [-0.4, -0.2) is 4.57 Å². The van der Waals surface area contributed by atoms with Gasteiger partial charge in [0.2, 0.25) is 0 Å². The first kappa shape index (κ1) is 27.5. The number of anilines is 2. The first-order valence-corrected chi connectivity index (χ1v) is 16.7. The maximum Gasteiger partial charge on any atom is 0.159 e. The zero-order valence-electron chi connectivity index (χ0n) is 26.6. The summed E-state index contributed by atoms with van der Waals surface area (Å²) in [6.07, 6.45) is 0. The third-order valence-electron chi connectivity index (χ3n) is 9.73. The summed E-state index contributed by atoms with van der Waals surface area (Å²) < 4.78 is 8.82. The Kier molecular flexibility index (Phi) is 6.18. The highest BCUT2D eigenvalue weighted by Gasteiger charge is 2.16. The van der Waals surface area contributed by atoms with Crippen molar-refractivity contribution in [1.82, 2.24) is 4.57 Å². The number of benzene rings is 8. The molecule has 49 heavy (non-hydrogen) atoms. The van der Waals surface area contributed by atoms with Crippen molar-refractivity contribution < 1.29 is 4.42 Å². The third kappa shape index (κ3) is 4.51. The van der Waals surface area contributed by atoms with Gasteiger partial charge in [-0.2, -0.15) is 0 Å². The summed E-state index contributed by atoms with van der Waals surface area (Å²) in [4.78, 5) is 0. The van der Waals surface area contributed by atoms with Crippen LogP contribution in [0.4, 0.5) is 11.4 Å². The van der Waals surface area contributed by atoms with Gasteiger partial charge in [0.1, 0.15) is 5.58 Å². The van der Waals surface area contributed by atoms with Crippen LogP contribution in [0.3, 0.4) is 0 Å². The molecule has 0 fully saturated rings. The SMILES string of the molecule is c1ccc(-n2c3ccccc3c3cc(-c4cccc(-c5cccc(Nc6cc7ccccc7c7c6oc6ccccc67)c5)c4)ccc32)cc1. The maximum absolute atomic E-state index is 6.46. The first-order chi connectivity index (χ1) is 24.3. The fourth-order valence-electron chi connectivity index (χ4n) is 7.49. The minimum Gasteiger partial charge on any atom is -0.454 e. The van der Waals surface area contributed by atoms with Crippen LogP contribution < -0.4 is 5.32 Å². The lowest BCUT2D eigenvalue weighted by Crippen LogP contribution is -1.93. The van der Waals surface area contributed by atoms with E-state index in [1.165, 1.54) is 55.0 Å². The number of rotatable bonds is 5. The summed E-state index contributed by atoms with van der Waals surface area (Å²) in [5.74, 6) is 0. The second-order valence-electron chi connectivity index (χ2n) is 12.7. The average Bonchev–Trinajstić information content (AvgIpc) is 3.72. The van der Waals surface area contributed by atoms with Crippen LogP contribution in [0.15, 0.2) is 180 Å². The van der Waals surface area contributed by atoms with Crippen molar-refractivity contribution in [2.75, 3.05) is 5.32 Å². The van der Waals surface area contributed by atoms with Crippen molar-refractivity contribution >= 4 is 65.9 Å². The van der Waals surface area contributed by atoms with E-state index in [9.17, 15) is 0 Å². The molecule has 1 N–H and O–H groups in total. The molecule has 0 amide bonds. The number of aromatic nitrogens is 1. The lowest BCUT2D eigenvalue weighted by molar-refractivity contribution is 0.670. The molecule has 2 aromatic heterocycles. The highest BCUT2D eigenvalue weighted by Crippen LogP contribution is 2.41. The molecule has 0 aliphatic heterocycles. The van der Waals surface area contributed by atoms with E-state index >= 15 is 0 Å². The van der Waals surface area contributed by atoms with Gasteiger partial charge in [0.25, 0.3) is 0 Å². The summed E-state index contributed by atoms with van der Waals surface area (Å²) >= 11 is 0. The van der Waals surface area contributed by atoms with Crippen molar-refractivity contribution in [2.24, 2.45) is 0 Å². The van der Waals surface area contributed by atoms with Crippen molar-refractivity contribution in [3.8, 4) is 27.9 Å². The monoisotopic (exact) mass is 626 g/mol. The third-order valence-corrected chi connectivity index (χ3v) is 9.73. The maximum atomic E-state index is 6.46. The number of nitrogens with one attached hydrogen (secondary N) is 1. The molecule has 2 heterocycles. The molecule has 0 saturated carbocycles. The smallest absolute Gasteiger partial charge is 0.159 e. The lowest BCUT2D eigenvalue weighted by atomic mass is 9.97. The molecule has 0 bridgehead atoms. The number of nitrogens with zero attached hydrogens (tertiary/aromatic N) is 1. The number of hydrogen-bond acceptors (Lipinski definition) is 2. The molecular weight excluding hydrogens is 597 g/mol. The average molecular weight is 627 g/mol. The number of hydrogen-bond donors (Lipinski definition) is 1. The molecule has 0 spiro atoms. The van der Waals surface area contributed by atoms with E-state index in [4.69, 9.17) is 4.42 Å². The zero-order valence-corrected chi connectivity index (χ0v) is 26.6. The van der Waals surface area contributed by atoms with Crippen LogP contribution >= 0.6 is 0 Å². The van der Waals surface area contributed by atoms with Gasteiger partial charge in [-0.1, -0.05) is 115 Å². The molecule has 0 aliphatic rings. The minimum atomic E-state index is 0.872. The predicted octanol–water partition coefficient (Wildman–Crippen LogP) is 12.9. The van der Waals surface area contributed by atoms with E-state index in [0.29, 0.717) is 0 Å². The quantitative estimate of drug-likeness (QED) is 0.206. The number of fused-ring (bicyclic) bond motifs is 8. The van der Waals surface area contributed by atoms with E-state index in [2.05, 4.69) is 174 Å². The molecule has 0 saturated heterocycles. The lowest BCUT2D eigenvalue weighted by Gasteiger charge is -2.12. The molecule has 230 valence electrons. The molecular formula is C46H30N2O. The Morgan fingerprint density at radius 3 is 1.94 bits per heavy atom. The van der Waals surface area contributed by atoms with Gasteiger partial charge in [0, 0.05) is 32.9 Å². The topological polar surface area (TPSA) is 30.1 Å². The Balaban J connectivity index is 1.04. The van der Waals surface area contributed by atoms with Crippen molar-refractivity contribution in [3.63, 3.8) is 0 Å². The molecule has 3 nitrogen and oxygen atoms in total. The van der Waals surface area contributed by atoms with Crippen LogP contribution in [0.1, 0.15) is 0 Å². The molecule has 10 rings (SSSR count). The molecule has 0 atom stereocenters. The van der Waals surface area contributed by atoms with Gasteiger partial charge in [0.05, 0.1) is 16.7 Å². The predicted molar refractivity (Wildman–Crippen MR) is 206 cm³/mol. The Labute approximate surface area is 283 Å². The fourth-order valence-corrected chi connectivity index (χ4v) is 7.49. The van der Waals surface area contributed by atoms with Crippen molar-refractivity contribution in [1.29, 1.82) is 0 Å². The number of para-hydroxylation sites is 3. The largest absolute Gasteiger partial charge is 0.454 e. The molecule has 0 unspecified atom stereocenters. The Morgan fingerprint density at radius 1 is 0.429 bits per heavy atom. The van der Waals surface area contributed by atoms with Gasteiger partial charge < -0.3 is 14.3 Å². The van der Waals surface area contributed by atoms with Gasteiger partial charge in [-0.3, -0.25) is 0 Å². The Bertz CT molecular complexity index is 2860. The summed E-state index contributed by atoms with van der Waals surface area (Å²) in [6, 6.07) is 62.6. The highest BCUT2D eigenvalue weighted by molar-refractivity contribution is 6.22. The van der Waals surface area contributed by atoms with Gasteiger partial charge in [-0.25, -0.2) is 0 Å².